The molecule has 6 heterocycles. The van der Waals surface area contributed by atoms with Gasteiger partial charge >= 0.3 is 5.69 Å². The number of aromatic amines is 1. The molecular weight excluding hydrogens is 857 g/mol. The van der Waals surface area contributed by atoms with E-state index in [4.69, 9.17) is 15.9 Å². The standard InChI is InChI=1S/C50H54N8O7S/c1-5-6-7-11-33(4)24-35-29-64-49-46(53-35)43(58(60)61)27-45(54-49)66(62,63)55-48(59)41-16-15-37(26-44(41)65-38-25-34-19-22-51-47(34)52-28-38)56-30-50(31-56)20-17-36(18-21-50)57-23-10-14-42(57)40-13-9-8-12-39(40)32(2)3/h1,6-9,11-13,15-16,19,22,25-28,32,35-36,42,53H,10,14,17-18,20-21,23-24,29-31H2,2-4H3,(H,51,52)(H,55,59)/b7-6-,33-11+/t35-,42?/m0/s1. The fourth-order valence-corrected chi connectivity index (χ4v) is 11.2. The van der Waals surface area contributed by atoms with Crippen LogP contribution in [0.4, 0.5) is 17.1 Å². The molecule has 342 valence electrons. The number of carbonyl (C=O) groups excluding carboxylic acids is 1. The number of nitrogens with zero attached hydrogens (tertiary/aromatic N) is 5. The van der Waals surface area contributed by atoms with Gasteiger partial charge in [-0.05, 0) is 106 Å². The Balaban J connectivity index is 0.915. The summed E-state index contributed by atoms with van der Waals surface area (Å²) in [4.78, 5) is 42.3. The summed E-state index contributed by atoms with van der Waals surface area (Å²) in [6, 6.07) is 19.1. The number of rotatable bonds is 13. The smallest absolute Gasteiger partial charge is 0.300 e. The number of nitrogens with one attached hydrogen (secondary N) is 3. The second-order valence-electron chi connectivity index (χ2n) is 18.4. The van der Waals surface area contributed by atoms with E-state index in [1.807, 2.05) is 19.1 Å². The van der Waals surface area contributed by atoms with Crippen LogP contribution in [-0.4, -0.2) is 77.4 Å². The van der Waals surface area contributed by atoms with Gasteiger partial charge in [-0.2, -0.15) is 13.4 Å². The monoisotopic (exact) mass is 910 g/mol. The van der Waals surface area contributed by atoms with Gasteiger partial charge in [0, 0.05) is 53.9 Å². The van der Waals surface area contributed by atoms with Gasteiger partial charge in [0.05, 0.1) is 28.8 Å². The van der Waals surface area contributed by atoms with Crippen molar-refractivity contribution in [3.05, 3.63) is 124 Å². The number of amides is 1. The number of likely N-dealkylation sites (tertiary alicyclic amines) is 1. The lowest BCUT2D eigenvalue weighted by Crippen LogP contribution is -2.59. The van der Waals surface area contributed by atoms with E-state index < -0.39 is 31.6 Å². The molecule has 2 atom stereocenters. The number of H-pyrrole nitrogens is 1. The molecule has 2 saturated heterocycles. The van der Waals surface area contributed by atoms with Gasteiger partial charge in [0.2, 0.25) is 5.88 Å². The van der Waals surface area contributed by atoms with Crippen molar-refractivity contribution in [2.45, 2.75) is 94.8 Å². The summed E-state index contributed by atoms with van der Waals surface area (Å²) in [5.41, 5.74) is 4.86. The van der Waals surface area contributed by atoms with E-state index in [9.17, 15) is 23.3 Å². The van der Waals surface area contributed by atoms with Crippen molar-refractivity contribution in [2.75, 3.05) is 36.5 Å². The van der Waals surface area contributed by atoms with Gasteiger partial charge in [0.25, 0.3) is 15.9 Å². The number of aromatic nitrogens is 3. The van der Waals surface area contributed by atoms with Crippen LogP contribution in [0.1, 0.15) is 99.2 Å². The fourth-order valence-electron chi connectivity index (χ4n) is 10.3. The number of benzene rings is 2. The number of carbonyl (C=O) groups is 1. The topological polar surface area (TPSA) is 185 Å². The Bertz CT molecular complexity index is 2890. The van der Waals surface area contributed by atoms with Crippen LogP contribution in [0.2, 0.25) is 0 Å². The fraction of sp³-hybridized carbons (Fsp3) is 0.380. The number of allylic oxidation sites excluding steroid dienone is 3. The Morgan fingerprint density at radius 2 is 1.94 bits per heavy atom. The van der Waals surface area contributed by atoms with Crippen molar-refractivity contribution in [1.29, 1.82) is 0 Å². The number of hydrogen-bond acceptors (Lipinski definition) is 12. The molecule has 1 unspecified atom stereocenters. The molecule has 9 rings (SSSR count). The summed E-state index contributed by atoms with van der Waals surface area (Å²) in [5.74, 6) is 2.08. The molecule has 1 spiro atoms. The molecule has 2 aromatic carbocycles. The second-order valence-corrected chi connectivity index (χ2v) is 20.0. The Kier molecular flexibility index (Phi) is 12.3. The Labute approximate surface area is 384 Å². The van der Waals surface area contributed by atoms with Crippen LogP contribution in [0, 0.1) is 27.9 Å². The molecule has 0 bridgehead atoms. The number of hydrogen-bond donors (Lipinski definition) is 3. The van der Waals surface area contributed by atoms with Gasteiger partial charge in [0.1, 0.15) is 23.8 Å². The zero-order valence-corrected chi connectivity index (χ0v) is 38.1. The summed E-state index contributed by atoms with van der Waals surface area (Å²) in [6.07, 6.45) is 21.1. The van der Waals surface area contributed by atoms with Crippen LogP contribution in [0.25, 0.3) is 11.0 Å². The van der Waals surface area contributed by atoms with Crippen molar-refractivity contribution in [3.8, 4) is 29.7 Å². The maximum atomic E-state index is 14.0. The van der Waals surface area contributed by atoms with Gasteiger partial charge in [0.15, 0.2) is 10.7 Å². The first-order valence-corrected chi connectivity index (χ1v) is 24.1. The number of anilines is 2. The van der Waals surface area contributed by atoms with Crippen molar-refractivity contribution in [2.24, 2.45) is 5.41 Å². The van der Waals surface area contributed by atoms with Crippen LogP contribution in [0.3, 0.4) is 0 Å². The molecule has 15 nitrogen and oxygen atoms in total. The lowest BCUT2D eigenvalue weighted by atomic mass is 9.67. The van der Waals surface area contributed by atoms with E-state index in [0.29, 0.717) is 35.8 Å². The molecular formula is C50H54N8O7S. The lowest BCUT2D eigenvalue weighted by Gasteiger charge is -2.55. The molecule has 0 radical (unpaired) electrons. The average molecular weight is 911 g/mol. The van der Waals surface area contributed by atoms with Crippen molar-refractivity contribution in [1.82, 2.24) is 24.6 Å². The molecule has 1 amide bonds. The highest BCUT2D eigenvalue weighted by Crippen LogP contribution is 2.49. The lowest BCUT2D eigenvalue weighted by molar-refractivity contribution is -0.384. The third-order valence-electron chi connectivity index (χ3n) is 13.5. The number of fused-ring (bicyclic) bond motifs is 2. The molecule has 4 aliphatic rings. The van der Waals surface area contributed by atoms with Crippen LogP contribution in [0.15, 0.2) is 102 Å². The Hall–Kier alpha value is -6.70. The van der Waals surface area contributed by atoms with Crippen molar-refractivity contribution < 1.29 is 27.6 Å². The summed E-state index contributed by atoms with van der Waals surface area (Å²) in [6.45, 7) is 9.36. The maximum absolute atomic E-state index is 14.0. The molecule has 3 aliphatic heterocycles. The van der Waals surface area contributed by atoms with E-state index in [2.05, 4.69) is 78.8 Å². The van der Waals surface area contributed by atoms with Crippen LogP contribution < -0.4 is 24.4 Å². The summed E-state index contributed by atoms with van der Waals surface area (Å²) >= 11 is 0. The third kappa shape index (κ3) is 9.10. The largest absolute Gasteiger partial charge is 0.474 e. The van der Waals surface area contributed by atoms with E-state index in [0.717, 1.165) is 68.0 Å². The van der Waals surface area contributed by atoms with E-state index in [1.54, 1.807) is 36.5 Å². The minimum atomic E-state index is -4.77. The van der Waals surface area contributed by atoms with E-state index >= 15 is 0 Å². The highest BCUT2D eigenvalue weighted by molar-refractivity contribution is 7.90. The quantitative estimate of drug-likeness (QED) is 0.0441. The average Bonchev–Trinajstić information content (AvgIpc) is 3.98. The minimum Gasteiger partial charge on any atom is -0.474 e. The third-order valence-corrected chi connectivity index (χ3v) is 14.8. The number of nitro groups is 1. The van der Waals surface area contributed by atoms with E-state index in [-0.39, 0.29) is 40.9 Å². The zero-order valence-electron chi connectivity index (χ0n) is 37.3. The number of pyridine rings is 2. The van der Waals surface area contributed by atoms with Crippen molar-refractivity contribution >= 4 is 44.0 Å². The predicted molar refractivity (Wildman–Crippen MR) is 254 cm³/mol. The van der Waals surface area contributed by atoms with Gasteiger partial charge in [-0.1, -0.05) is 61.8 Å². The van der Waals surface area contributed by atoms with Gasteiger partial charge in [-0.15, -0.1) is 6.42 Å². The summed E-state index contributed by atoms with van der Waals surface area (Å²) in [5, 5.41) is 15.4. The highest BCUT2D eigenvalue weighted by Gasteiger charge is 2.47. The minimum absolute atomic E-state index is 0.0548. The summed E-state index contributed by atoms with van der Waals surface area (Å²) in [7, 11) is -4.77. The molecule has 5 aromatic rings. The molecule has 3 aromatic heterocycles. The molecule has 1 saturated carbocycles. The highest BCUT2D eigenvalue weighted by atomic mass is 32.2. The first-order valence-electron chi connectivity index (χ1n) is 22.6. The molecule has 1 aliphatic carbocycles. The zero-order chi connectivity index (χ0) is 46.2. The Morgan fingerprint density at radius 3 is 2.71 bits per heavy atom. The SMILES string of the molecule is C#C/C=C\C=C(/C)C[C@H]1COc2nc(S(=O)(=O)NC(=O)c3ccc(N4CC5(CCC(N6CCCC6c6ccccc6C(C)C)CC5)C4)cc3Oc3cnc4[nH]ccc4c3)cc([N+](=O)[O-])c2N1. The number of terminal acetylenes is 1. The Morgan fingerprint density at radius 1 is 1.14 bits per heavy atom. The second kappa shape index (κ2) is 18.3. The predicted octanol–water partition coefficient (Wildman–Crippen LogP) is 9.19. The number of ether oxygens (including phenoxy) is 2. The number of sulfonamides is 1. The molecule has 3 N–H and O–H groups in total. The van der Waals surface area contributed by atoms with Gasteiger partial charge in [-0.3, -0.25) is 19.8 Å². The first kappa shape index (κ1) is 44.5. The first-order chi connectivity index (χ1) is 31.8. The maximum Gasteiger partial charge on any atom is 0.300 e. The van der Waals surface area contributed by atoms with Crippen LogP contribution in [0.5, 0.6) is 17.4 Å². The molecule has 16 heteroatoms. The van der Waals surface area contributed by atoms with Crippen LogP contribution in [-0.2, 0) is 10.0 Å². The van der Waals surface area contributed by atoms with E-state index in [1.165, 1.54) is 36.2 Å². The van der Waals surface area contributed by atoms with Crippen molar-refractivity contribution in [3.63, 3.8) is 0 Å². The molecule has 66 heavy (non-hydrogen) atoms. The van der Waals surface area contributed by atoms with Crippen LogP contribution >= 0.6 is 0 Å². The summed E-state index contributed by atoms with van der Waals surface area (Å²) < 4.78 is 41.9. The normalized spacial score (nSPS) is 19.9. The van der Waals surface area contributed by atoms with Gasteiger partial charge in [-0.25, -0.2) is 9.71 Å². The molecule has 3 fully saturated rings. The van der Waals surface area contributed by atoms with Gasteiger partial charge < -0.3 is 24.7 Å².